The van der Waals surface area contributed by atoms with Crippen molar-refractivity contribution < 1.29 is 13.5 Å². The van der Waals surface area contributed by atoms with Gasteiger partial charge in [-0.1, -0.05) is 36.4 Å². The second-order valence-electron chi connectivity index (χ2n) is 7.40. The van der Waals surface area contributed by atoms with E-state index in [0.717, 1.165) is 12.8 Å². The third-order valence-corrected chi connectivity index (χ3v) is 5.17. The molecule has 4 aromatic heterocycles. The zero-order valence-corrected chi connectivity index (χ0v) is 17.8. The first-order valence-corrected chi connectivity index (χ1v) is 10.7. The van der Waals surface area contributed by atoms with E-state index in [0.29, 0.717) is 35.5 Å². The van der Waals surface area contributed by atoms with Crippen LogP contribution in [0.4, 0.5) is 4.39 Å². The van der Waals surface area contributed by atoms with Crippen LogP contribution < -0.4 is 4.74 Å². The number of nitrogens with zero attached hydrogens (tertiary/aromatic N) is 4. The minimum atomic E-state index is -0.608. The third kappa shape index (κ3) is 4.52. The smallest absolute Gasteiger partial charge is 0.223 e. The van der Waals surface area contributed by atoms with E-state index in [1.54, 1.807) is 41.4 Å². The van der Waals surface area contributed by atoms with Crippen molar-refractivity contribution in [2.24, 2.45) is 0 Å². The molecule has 33 heavy (non-hydrogen) atoms. The lowest BCUT2D eigenvalue weighted by molar-refractivity contribution is 0.309. The topological polar surface area (TPSA) is 66.0 Å². The lowest BCUT2D eigenvalue weighted by atomic mass is 10.1. The summed E-state index contributed by atoms with van der Waals surface area (Å²) < 4.78 is 27.9. The molecule has 0 amide bonds. The molecular formula is C26H21FN4O2. The van der Waals surface area contributed by atoms with Gasteiger partial charge in [0.25, 0.3) is 0 Å². The zero-order chi connectivity index (χ0) is 22.5. The van der Waals surface area contributed by atoms with Crippen LogP contribution in [0.15, 0.2) is 96.0 Å². The fraction of sp³-hybridized carbons (Fsp3) is 0.115. The molecule has 0 radical (unpaired) electrons. The van der Waals surface area contributed by atoms with E-state index < -0.39 is 5.95 Å². The molecule has 0 aliphatic heterocycles. The Kier molecular flexibility index (Phi) is 5.93. The Balaban J connectivity index is 1.42. The number of halogens is 1. The normalized spacial score (nSPS) is 10.9. The first-order chi connectivity index (χ1) is 16.3. The van der Waals surface area contributed by atoms with Gasteiger partial charge in [0.05, 0.1) is 18.4 Å². The Hall–Kier alpha value is -4.26. The average Bonchev–Trinajstić information content (AvgIpc) is 3.51. The molecule has 0 bridgehead atoms. The number of ether oxygens (including phenoxy) is 1. The number of furan rings is 1. The first kappa shape index (κ1) is 20.6. The van der Waals surface area contributed by atoms with Crippen molar-refractivity contribution in [2.75, 3.05) is 6.61 Å². The molecule has 0 aliphatic carbocycles. The maximum Gasteiger partial charge on any atom is 0.223 e. The van der Waals surface area contributed by atoms with Crippen LogP contribution in [0.3, 0.4) is 0 Å². The van der Waals surface area contributed by atoms with Gasteiger partial charge in [0.1, 0.15) is 11.5 Å². The number of rotatable bonds is 8. The molecule has 7 heteroatoms. The Labute approximate surface area is 190 Å². The Morgan fingerprint density at radius 2 is 1.76 bits per heavy atom. The summed E-state index contributed by atoms with van der Waals surface area (Å²) in [6.07, 6.45) is 8.19. The van der Waals surface area contributed by atoms with Crippen LogP contribution in [-0.2, 0) is 6.42 Å². The number of hydrogen-bond acceptors (Lipinski definition) is 5. The number of benzene rings is 1. The van der Waals surface area contributed by atoms with Crippen molar-refractivity contribution in [2.45, 2.75) is 12.8 Å². The minimum Gasteiger partial charge on any atom is -0.489 e. The van der Waals surface area contributed by atoms with Crippen molar-refractivity contribution in [3.05, 3.63) is 103 Å². The van der Waals surface area contributed by atoms with Crippen LogP contribution in [-0.4, -0.2) is 26.1 Å². The van der Waals surface area contributed by atoms with Gasteiger partial charge in [-0.15, -0.1) is 0 Å². The summed E-state index contributed by atoms with van der Waals surface area (Å²) in [5.41, 5.74) is 2.05. The lowest BCUT2D eigenvalue weighted by Gasteiger charge is -2.06. The second-order valence-corrected chi connectivity index (χ2v) is 7.40. The van der Waals surface area contributed by atoms with E-state index in [1.165, 1.54) is 11.8 Å². The van der Waals surface area contributed by atoms with Gasteiger partial charge >= 0.3 is 0 Å². The number of aryl methyl sites for hydroxylation is 1. The summed E-state index contributed by atoms with van der Waals surface area (Å²) in [5.74, 6) is 1.44. The second kappa shape index (κ2) is 9.48. The van der Waals surface area contributed by atoms with Gasteiger partial charge < -0.3 is 9.15 Å². The molecular weight excluding hydrogens is 419 g/mol. The van der Waals surface area contributed by atoms with Crippen LogP contribution >= 0.6 is 0 Å². The molecule has 5 aromatic rings. The van der Waals surface area contributed by atoms with Gasteiger partial charge in [-0.25, -0.2) is 15.0 Å². The van der Waals surface area contributed by atoms with E-state index in [2.05, 4.69) is 27.1 Å². The maximum absolute atomic E-state index is 14.5. The average molecular weight is 440 g/mol. The number of imidazole rings is 1. The highest BCUT2D eigenvalue weighted by Gasteiger charge is 2.21. The lowest BCUT2D eigenvalue weighted by Crippen LogP contribution is -2.00. The van der Waals surface area contributed by atoms with E-state index in [1.807, 2.05) is 36.4 Å². The molecule has 0 atom stereocenters. The molecule has 4 heterocycles. The maximum atomic E-state index is 14.5. The zero-order valence-electron chi connectivity index (χ0n) is 17.8. The number of hydrogen-bond donors (Lipinski definition) is 0. The predicted molar refractivity (Wildman–Crippen MR) is 123 cm³/mol. The monoisotopic (exact) mass is 440 g/mol. The summed E-state index contributed by atoms with van der Waals surface area (Å²) in [4.78, 5) is 12.8. The Morgan fingerprint density at radius 1 is 0.909 bits per heavy atom. The van der Waals surface area contributed by atoms with Crippen molar-refractivity contribution in [1.29, 1.82) is 0 Å². The Morgan fingerprint density at radius 3 is 2.58 bits per heavy atom. The number of aromatic nitrogens is 4. The first-order valence-electron chi connectivity index (χ1n) is 10.7. The van der Waals surface area contributed by atoms with Gasteiger partial charge in [-0.2, -0.15) is 4.39 Å². The standard InChI is InChI=1S/C26H21FN4O2/c27-25-20(11-6-15-29-25)26-30-21(18-31(26)23-12-4-5-14-28-23)24-22(13-17-33-24)32-16-7-10-19-8-2-1-3-9-19/h1-6,8-9,11-15,17-18H,7,10,16H2. The fourth-order valence-corrected chi connectivity index (χ4v) is 3.60. The molecule has 0 fully saturated rings. The van der Waals surface area contributed by atoms with Gasteiger partial charge in [-0.05, 0) is 42.7 Å². The minimum absolute atomic E-state index is 0.270. The molecule has 0 saturated carbocycles. The van der Waals surface area contributed by atoms with Gasteiger partial charge in [0.15, 0.2) is 17.3 Å². The van der Waals surface area contributed by atoms with E-state index in [-0.39, 0.29) is 5.56 Å². The molecule has 0 saturated heterocycles. The SMILES string of the molecule is Fc1ncccc1-c1nc(-c2occc2OCCCc2ccccc2)cn1-c1ccccn1. The molecule has 5 rings (SSSR count). The van der Waals surface area contributed by atoms with Crippen molar-refractivity contribution in [3.8, 4) is 34.4 Å². The van der Waals surface area contributed by atoms with Crippen LogP contribution in [0, 0.1) is 5.95 Å². The largest absolute Gasteiger partial charge is 0.489 e. The molecule has 0 aliphatic rings. The van der Waals surface area contributed by atoms with Gasteiger partial charge in [0, 0.05) is 24.7 Å². The summed E-state index contributed by atoms with van der Waals surface area (Å²) in [5, 5.41) is 0. The third-order valence-electron chi connectivity index (χ3n) is 5.17. The molecule has 0 spiro atoms. The predicted octanol–water partition coefficient (Wildman–Crippen LogP) is 5.74. The molecule has 164 valence electrons. The van der Waals surface area contributed by atoms with E-state index in [9.17, 15) is 4.39 Å². The highest BCUT2D eigenvalue weighted by Crippen LogP contribution is 2.34. The molecule has 0 unspecified atom stereocenters. The van der Waals surface area contributed by atoms with Crippen molar-refractivity contribution >= 4 is 0 Å². The van der Waals surface area contributed by atoms with Crippen LogP contribution in [0.5, 0.6) is 5.75 Å². The van der Waals surface area contributed by atoms with Crippen LogP contribution in [0.1, 0.15) is 12.0 Å². The fourth-order valence-electron chi connectivity index (χ4n) is 3.60. The van der Waals surface area contributed by atoms with Crippen LogP contribution in [0.25, 0.3) is 28.7 Å². The summed E-state index contributed by atoms with van der Waals surface area (Å²) in [6.45, 7) is 0.534. The van der Waals surface area contributed by atoms with Gasteiger partial charge in [0.2, 0.25) is 5.95 Å². The highest BCUT2D eigenvalue weighted by molar-refractivity contribution is 5.67. The summed E-state index contributed by atoms with van der Waals surface area (Å²) in [6, 6.07) is 20.9. The van der Waals surface area contributed by atoms with E-state index in [4.69, 9.17) is 9.15 Å². The summed E-state index contributed by atoms with van der Waals surface area (Å²) in [7, 11) is 0. The molecule has 1 aromatic carbocycles. The molecule has 0 N–H and O–H groups in total. The van der Waals surface area contributed by atoms with Gasteiger partial charge in [-0.3, -0.25) is 4.57 Å². The van der Waals surface area contributed by atoms with Crippen LogP contribution in [0.2, 0.25) is 0 Å². The Bertz CT molecular complexity index is 1330. The van der Waals surface area contributed by atoms with E-state index >= 15 is 0 Å². The quantitative estimate of drug-likeness (QED) is 0.227. The van der Waals surface area contributed by atoms with Crippen molar-refractivity contribution in [3.63, 3.8) is 0 Å². The summed E-state index contributed by atoms with van der Waals surface area (Å²) >= 11 is 0. The van der Waals surface area contributed by atoms with Crippen molar-refractivity contribution in [1.82, 2.24) is 19.5 Å². The highest BCUT2D eigenvalue weighted by atomic mass is 19.1. The molecule has 6 nitrogen and oxygen atoms in total. The number of pyridine rings is 2.